The van der Waals surface area contributed by atoms with Crippen LogP contribution in [0.1, 0.15) is 48.6 Å². The van der Waals surface area contributed by atoms with Gasteiger partial charge in [-0.2, -0.15) is 0 Å². The van der Waals surface area contributed by atoms with Crippen LogP contribution in [0.2, 0.25) is 0 Å². The quantitative estimate of drug-likeness (QED) is 0.763. The second-order valence-corrected chi connectivity index (χ2v) is 7.30. The third-order valence-corrected chi connectivity index (χ3v) is 5.13. The van der Waals surface area contributed by atoms with Gasteiger partial charge in [0.2, 0.25) is 5.91 Å². The molecule has 1 aromatic carbocycles. The lowest BCUT2D eigenvalue weighted by molar-refractivity contribution is -0.121. The Morgan fingerprint density at radius 3 is 2.78 bits per heavy atom. The fourth-order valence-electron chi connectivity index (χ4n) is 3.54. The SMILES string of the molecule is Cc1ccc(C)c(OCCC(=O)NCC(c2ccco2)N2CCCCC2)c1. The van der Waals surface area contributed by atoms with Crippen molar-refractivity contribution in [2.75, 3.05) is 26.2 Å². The molecule has 5 heteroatoms. The average molecular weight is 370 g/mol. The normalized spacial score (nSPS) is 16.1. The highest BCUT2D eigenvalue weighted by Gasteiger charge is 2.24. The monoisotopic (exact) mass is 370 g/mol. The van der Waals surface area contributed by atoms with E-state index in [9.17, 15) is 4.79 Å². The van der Waals surface area contributed by atoms with Gasteiger partial charge >= 0.3 is 0 Å². The molecule has 1 fully saturated rings. The number of hydrogen-bond donors (Lipinski definition) is 1. The van der Waals surface area contributed by atoms with Crippen molar-refractivity contribution in [2.45, 2.75) is 45.6 Å². The van der Waals surface area contributed by atoms with Crippen LogP contribution < -0.4 is 10.1 Å². The Labute approximate surface area is 161 Å². The Morgan fingerprint density at radius 1 is 1.22 bits per heavy atom. The first-order chi connectivity index (χ1) is 13.1. The van der Waals surface area contributed by atoms with E-state index < -0.39 is 0 Å². The number of piperidine rings is 1. The molecule has 1 atom stereocenters. The molecule has 0 radical (unpaired) electrons. The van der Waals surface area contributed by atoms with Crippen LogP contribution in [0.4, 0.5) is 0 Å². The number of ether oxygens (including phenoxy) is 1. The number of nitrogens with one attached hydrogen (secondary N) is 1. The highest BCUT2D eigenvalue weighted by atomic mass is 16.5. The molecule has 1 aliphatic rings. The molecule has 5 nitrogen and oxygen atoms in total. The number of carbonyl (C=O) groups is 1. The molecule has 1 aromatic heterocycles. The van der Waals surface area contributed by atoms with Gasteiger partial charge in [-0.25, -0.2) is 0 Å². The Bertz CT molecular complexity index is 721. The van der Waals surface area contributed by atoms with Crippen molar-refractivity contribution in [3.05, 3.63) is 53.5 Å². The molecule has 1 unspecified atom stereocenters. The largest absolute Gasteiger partial charge is 0.493 e. The molecule has 2 aromatic rings. The fraction of sp³-hybridized carbons (Fsp3) is 0.500. The summed E-state index contributed by atoms with van der Waals surface area (Å²) in [6.45, 7) is 7.10. The van der Waals surface area contributed by atoms with Crippen LogP contribution in [0.25, 0.3) is 0 Å². The molecule has 0 spiro atoms. The fourth-order valence-corrected chi connectivity index (χ4v) is 3.54. The second-order valence-electron chi connectivity index (χ2n) is 7.30. The summed E-state index contributed by atoms with van der Waals surface area (Å²) in [4.78, 5) is 14.7. The van der Waals surface area contributed by atoms with Gasteiger partial charge < -0.3 is 14.5 Å². The second kappa shape index (κ2) is 9.60. The zero-order valence-corrected chi connectivity index (χ0v) is 16.4. The number of hydrogen-bond acceptors (Lipinski definition) is 4. The first-order valence-corrected chi connectivity index (χ1v) is 9.87. The van der Waals surface area contributed by atoms with E-state index in [-0.39, 0.29) is 11.9 Å². The smallest absolute Gasteiger partial charge is 0.223 e. The number of furan rings is 1. The van der Waals surface area contributed by atoms with Crippen LogP contribution in [0.15, 0.2) is 41.0 Å². The predicted octanol–water partition coefficient (Wildman–Crippen LogP) is 4.01. The predicted molar refractivity (Wildman–Crippen MR) is 106 cm³/mol. The first-order valence-electron chi connectivity index (χ1n) is 9.87. The molecular weight excluding hydrogens is 340 g/mol. The van der Waals surface area contributed by atoms with Crippen LogP contribution in [-0.4, -0.2) is 37.0 Å². The summed E-state index contributed by atoms with van der Waals surface area (Å²) in [5.41, 5.74) is 2.24. The average Bonchev–Trinajstić information content (AvgIpc) is 3.20. The number of benzene rings is 1. The van der Waals surface area contributed by atoms with Crippen LogP contribution in [-0.2, 0) is 4.79 Å². The van der Waals surface area contributed by atoms with Gasteiger partial charge in [0, 0.05) is 6.54 Å². The Morgan fingerprint density at radius 2 is 2.04 bits per heavy atom. The van der Waals surface area contributed by atoms with E-state index >= 15 is 0 Å². The Balaban J connectivity index is 1.48. The van der Waals surface area contributed by atoms with E-state index in [4.69, 9.17) is 9.15 Å². The molecule has 2 heterocycles. The topological polar surface area (TPSA) is 54.7 Å². The molecule has 0 saturated carbocycles. The van der Waals surface area contributed by atoms with Gasteiger partial charge in [0.15, 0.2) is 0 Å². The van der Waals surface area contributed by atoms with Crippen LogP contribution in [0, 0.1) is 13.8 Å². The summed E-state index contributed by atoms with van der Waals surface area (Å²) in [7, 11) is 0. The summed E-state index contributed by atoms with van der Waals surface area (Å²) in [6.07, 6.45) is 5.73. The maximum absolute atomic E-state index is 12.3. The summed E-state index contributed by atoms with van der Waals surface area (Å²) in [5.74, 6) is 1.78. The maximum Gasteiger partial charge on any atom is 0.223 e. The van der Waals surface area contributed by atoms with Crippen LogP contribution in [0.5, 0.6) is 5.75 Å². The summed E-state index contributed by atoms with van der Waals surface area (Å²) in [5, 5.41) is 3.06. The van der Waals surface area contributed by atoms with Crippen molar-refractivity contribution >= 4 is 5.91 Å². The van der Waals surface area contributed by atoms with E-state index in [0.29, 0.717) is 19.6 Å². The number of carbonyl (C=O) groups excluding carboxylic acids is 1. The number of rotatable bonds is 8. The Hall–Kier alpha value is -2.27. The van der Waals surface area contributed by atoms with Crippen LogP contribution >= 0.6 is 0 Å². The molecule has 0 aliphatic carbocycles. The van der Waals surface area contributed by atoms with Crippen molar-refractivity contribution < 1.29 is 13.9 Å². The molecule has 27 heavy (non-hydrogen) atoms. The first kappa shape index (κ1) is 19.5. The van der Waals surface area contributed by atoms with Crippen molar-refractivity contribution in [1.29, 1.82) is 0 Å². The van der Waals surface area contributed by atoms with E-state index in [1.807, 2.05) is 38.1 Å². The zero-order valence-electron chi connectivity index (χ0n) is 16.4. The van der Waals surface area contributed by atoms with E-state index in [0.717, 1.165) is 35.7 Å². The van der Waals surface area contributed by atoms with E-state index in [1.54, 1.807) is 6.26 Å². The molecule has 146 valence electrons. The minimum atomic E-state index is 0.00821. The zero-order chi connectivity index (χ0) is 19.1. The van der Waals surface area contributed by atoms with E-state index in [1.165, 1.54) is 19.3 Å². The lowest BCUT2D eigenvalue weighted by Crippen LogP contribution is -2.40. The molecule has 1 N–H and O–H groups in total. The molecule has 1 amide bonds. The van der Waals surface area contributed by atoms with Crippen molar-refractivity contribution in [3.8, 4) is 5.75 Å². The van der Waals surface area contributed by atoms with Gasteiger partial charge in [-0.05, 0) is 69.1 Å². The van der Waals surface area contributed by atoms with Gasteiger partial charge in [-0.15, -0.1) is 0 Å². The summed E-state index contributed by atoms with van der Waals surface area (Å²) >= 11 is 0. The number of amides is 1. The maximum atomic E-state index is 12.3. The summed E-state index contributed by atoms with van der Waals surface area (Å²) in [6, 6.07) is 10.1. The van der Waals surface area contributed by atoms with Gasteiger partial charge in [-0.1, -0.05) is 18.6 Å². The number of likely N-dealkylation sites (tertiary alicyclic amines) is 1. The standard InChI is InChI=1S/C22H30N2O3/c1-17-8-9-18(2)21(15-17)27-14-10-22(25)23-16-19(20-7-6-13-26-20)24-11-4-3-5-12-24/h6-9,13,15,19H,3-5,10-12,14,16H2,1-2H3,(H,23,25). The van der Waals surface area contributed by atoms with Gasteiger partial charge in [-0.3, -0.25) is 9.69 Å². The highest BCUT2D eigenvalue weighted by Crippen LogP contribution is 2.24. The lowest BCUT2D eigenvalue weighted by atomic mass is 10.1. The van der Waals surface area contributed by atoms with Crippen molar-refractivity contribution in [1.82, 2.24) is 10.2 Å². The molecule has 1 aliphatic heterocycles. The third-order valence-electron chi connectivity index (χ3n) is 5.13. The molecule has 1 saturated heterocycles. The van der Waals surface area contributed by atoms with Crippen LogP contribution in [0.3, 0.4) is 0 Å². The van der Waals surface area contributed by atoms with Gasteiger partial charge in [0.1, 0.15) is 11.5 Å². The minimum Gasteiger partial charge on any atom is -0.493 e. The van der Waals surface area contributed by atoms with Crippen molar-refractivity contribution in [3.63, 3.8) is 0 Å². The number of nitrogens with zero attached hydrogens (tertiary/aromatic N) is 1. The van der Waals surface area contributed by atoms with Crippen molar-refractivity contribution in [2.24, 2.45) is 0 Å². The molecular formula is C22H30N2O3. The Kier molecular flexibility index (Phi) is 6.93. The lowest BCUT2D eigenvalue weighted by Gasteiger charge is -2.33. The third kappa shape index (κ3) is 5.60. The number of aryl methyl sites for hydroxylation is 2. The van der Waals surface area contributed by atoms with E-state index in [2.05, 4.69) is 16.3 Å². The minimum absolute atomic E-state index is 0.00821. The van der Waals surface area contributed by atoms with Gasteiger partial charge in [0.05, 0.1) is 25.3 Å². The summed E-state index contributed by atoms with van der Waals surface area (Å²) < 4.78 is 11.4. The molecule has 0 bridgehead atoms. The molecule has 3 rings (SSSR count). The highest BCUT2D eigenvalue weighted by molar-refractivity contribution is 5.76. The van der Waals surface area contributed by atoms with Gasteiger partial charge in [0.25, 0.3) is 0 Å².